The first-order chi connectivity index (χ1) is 7.60. The van der Waals surface area contributed by atoms with Crippen molar-refractivity contribution in [3.05, 3.63) is 31.2 Å². The van der Waals surface area contributed by atoms with E-state index >= 15 is 0 Å². The lowest BCUT2D eigenvalue weighted by atomic mass is 10.2. The predicted octanol–water partition coefficient (Wildman–Crippen LogP) is 1.68. The number of nitrogens with one attached hydrogen (secondary N) is 2. The number of rotatable bonds is 4. The SMILES string of the molecule is CCCNC(=O)c1cc(I)c(CC)[nH]c1=O. The number of hydrogen-bond acceptors (Lipinski definition) is 2. The second-order valence-corrected chi connectivity index (χ2v) is 4.61. The Bertz CT molecular complexity index is 440. The summed E-state index contributed by atoms with van der Waals surface area (Å²) in [5.74, 6) is -0.302. The van der Waals surface area contributed by atoms with Crippen molar-refractivity contribution in [1.82, 2.24) is 10.3 Å². The largest absolute Gasteiger partial charge is 0.352 e. The van der Waals surface area contributed by atoms with Crippen LogP contribution in [0.15, 0.2) is 10.9 Å². The van der Waals surface area contributed by atoms with Crippen LogP contribution in [0.5, 0.6) is 0 Å². The molecule has 0 spiro atoms. The maximum absolute atomic E-state index is 11.6. The van der Waals surface area contributed by atoms with Gasteiger partial charge in [0.05, 0.1) is 0 Å². The summed E-state index contributed by atoms with van der Waals surface area (Å²) in [6, 6.07) is 1.64. The smallest absolute Gasteiger partial charge is 0.261 e. The monoisotopic (exact) mass is 334 g/mol. The third-order valence-electron chi connectivity index (χ3n) is 2.20. The zero-order valence-corrected chi connectivity index (χ0v) is 11.6. The number of halogens is 1. The van der Waals surface area contributed by atoms with Crippen LogP contribution in [0.2, 0.25) is 0 Å². The van der Waals surface area contributed by atoms with Crippen LogP contribution in [0.25, 0.3) is 0 Å². The number of pyridine rings is 1. The minimum atomic E-state index is -0.314. The van der Waals surface area contributed by atoms with Gasteiger partial charge in [-0.2, -0.15) is 0 Å². The maximum Gasteiger partial charge on any atom is 0.261 e. The van der Waals surface area contributed by atoms with E-state index in [1.165, 1.54) is 0 Å². The lowest BCUT2D eigenvalue weighted by Gasteiger charge is -2.05. The first kappa shape index (κ1) is 13.2. The van der Waals surface area contributed by atoms with Crippen LogP contribution in [0.3, 0.4) is 0 Å². The molecule has 1 amide bonds. The first-order valence-electron chi connectivity index (χ1n) is 5.30. The Hall–Kier alpha value is -0.850. The molecular weight excluding hydrogens is 319 g/mol. The van der Waals surface area contributed by atoms with E-state index < -0.39 is 0 Å². The summed E-state index contributed by atoms with van der Waals surface area (Å²) >= 11 is 2.12. The Morgan fingerprint density at radius 3 is 2.75 bits per heavy atom. The van der Waals surface area contributed by atoms with E-state index in [1.807, 2.05) is 13.8 Å². The van der Waals surface area contributed by atoms with Crippen molar-refractivity contribution >= 4 is 28.5 Å². The lowest BCUT2D eigenvalue weighted by molar-refractivity contribution is 0.0952. The number of aryl methyl sites for hydroxylation is 1. The van der Waals surface area contributed by atoms with Crippen LogP contribution in [0, 0.1) is 3.57 Å². The van der Waals surface area contributed by atoms with Crippen molar-refractivity contribution in [3.63, 3.8) is 0 Å². The van der Waals surface area contributed by atoms with Crippen LogP contribution in [-0.2, 0) is 6.42 Å². The molecule has 5 heteroatoms. The third kappa shape index (κ3) is 3.07. The molecule has 0 aliphatic rings. The minimum absolute atomic E-state index is 0.190. The highest BCUT2D eigenvalue weighted by molar-refractivity contribution is 14.1. The van der Waals surface area contributed by atoms with Gasteiger partial charge >= 0.3 is 0 Å². The molecule has 0 aromatic carbocycles. The first-order valence-corrected chi connectivity index (χ1v) is 6.37. The zero-order valence-electron chi connectivity index (χ0n) is 9.39. The molecule has 0 bridgehead atoms. The average Bonchev–Trinajstić information content (AvgIpc) is 2.28. The zero-order chi connectivity index (χ0) is 12.1. The predicted molar refractivity (Wildman–Crippen MR) is 71.8 cm³/mol. The Labute approximate surface area is 108 Å². The molecule has 0 unspecified atom stereocenters. The molecule has 0 aliphatic heterocycles. The summed E-state index contributed by atoms with van der Waals surface area (Å²) in [5, 5.41) is 2.69. The number of carbonyl (C=O) groups is 1. The summed E-state index contributed by atoms with van der Waals surface area (Å²) in [5.41, 5.74) is 0.749. The quantitative estimate of drug-likeness (QED) is 0.823. The van der Waals surface area contributed by atoms with Crippen LogP contribution < -0.4 is 10.9 Å². The van der Waals surface area contributed by atoms with E-state index in [4.69, 9.17) is 0 Å². The third-order valence-corrected chi connectivity index (χ3v) is 3.16. The Morgan fingerprint density at radius 1 is 1.50 bits per heavy atom. The van der Waals surface area contributed by atoms with Gasteiger partial charge in [-0.3, -0.25) is 9.59 Å². The lowest BCUT2D eigenvalue weighted by Crippen LogP contribution is -2.30. The summed E-state index contributed by atoms with van der Waals surface area (Å²) < 4.78 is 0.918. The van der Waals surface area contributed by atoms with Crippen molar-refractivity contribution in [3.8, 4) is 0 Å². The molecule has 1 aromatic rings. The number of aromatic amines is 1. The van der Waals surface area contributed by atoms with Crippen molar-refractivity contribution in [1.29, 1.82) is 0 Å². The standard InChI is InChI=1S/C11H15IN2O2/c1-3-5-13-10(15)7-6-8(12)9(4-2)14-11(7)16/h6H,3-5H2,1-2H3,(H,13,15)(H,14,16). The summed E-state index contributed by atoms with van der Waals surface area (Å²) in [6.07, 6.45) is 1.61. The van der Waals surface area contributed by atoms with Gasteiger partial charge in [-0.05, 0) is 41.5 Å². The van der Waals surface area contributed by atoms with E-state index in [-0.39, 0.29) is 17.0 Å². The highest BCUT2D eigenvalue weighted by Gasteiger charge is 2.12. The molecular formula is C11H15IN2O2. The number of hydrogen-bond donors (Lipinski definition) is 2. The molecule has 0 fully saturated rings. The van der Waals surface area contributed by atoms with Gasteiger partial charge in [-0.15, -0.1) is 0 Å². The molecule has 1 rings (SSSR count). The molecule has 0 aliphatic carbocycles. The highest BCUT2D eigenvalue weighted by Crippen LogP contribution is 2.09. The molecule has 1 heterocycles. The topological polar surface area (TPSA) is 62.0 Å². The van der Waals surface area contributed by atoms with E-state index in [0.717, 1.165) is 22.1 Å². The Balaban J connectivity index is 3.02. The van der Waals surface area contributed by atoms with Gasteiger partial charge < -0.3 is 10.3 Å². The summed E-state index contributed by atoms with van der Waals surface area (Å²) in [7, 11) is 0. The highest BCUT2D eigenvalue weighted by atomic mass is 127. The number of amides is 1. The van der Waals surface area contributed by atoms with Crippen LogP contribution in [-0.4, -0.2) is 17.4 Å². The molecule has 1 aromatic heterocycles. The molecule has 0 atom stereocenters. The molecule has 2 N–H and O–H groups in total. The summed E-state index contributed by atoms with van der Waals surface area (Å²) in [4.78, 5) is 26.0. The van der Waals surface area contributed by atoms with Crippen molar-refractivity contribution in [2.75, 3.05) is 6.54 Å². The molecule has 16 heavy (non-hydrogen) atoms. The Morgan fingerprint density at radius 2 is 2.19 bits per heavy atom. The fourth-order valence-electron chi connectivity index (χ4n) is 1.30. The van der Waals surface area contributed by atoms with Crippen LogP contribution >= 0.6 is 22.6 Å². The van der Waals surface area contributed by atoms with Gasteiger partial charge in [0.2, 0.25) is 0 Å². The van der Waals surface area contributed by atoms with Gasteiger partial charge in [0.25, 0.3) is 11.5 Å². The molecule has 4 nitrogen and oxygen atoms in total. The number of carbonyl (C=O) groups excluding carboxylic acids is 1. The number of H-pyrrole nitrogens is 1. The van der Waals surface area contributed by atoms with Gasteiger partial charge in [0.15, 0.2) is 0 Å². The van der Waals surface area contributed by atoms with Crippen LogP contribution in [0.4, 0.5) is 0 Å². The normalized spacial score (nSPS) is 10.2. The van der Waals surface area contributed by atoms with Crippen molar-refractivity contribution in [2.45, 2.75) is 26.7 Å². The van der Waals surface area contributed by atoms with Gasteiger partial charge in [0, 0.05) is 15.8 Å². The van der Waals surface area contributed by atoms with Crippen LogP contribution in [0.1, 0.15) is 36.3 Å². The summed E-state index contributed by atoms with van der Waals surface area (Å²) in [6.45, 7) is 4.52. The molecule has 0 radical (unpaired) electrons. The minimum Gasteiger partial charge on any atom is -0.352 e. The fourth-order valence-corrected chi connectivity index (χ4v) is 2.13. The molecule has 0 saturated heterocycles. The van der Waals surface area contributed by atoms with E-state index in [0.29, 0.717) is 6.54 Å². The van der Waals surface area contributed by atoms with Gasteiger partial charge in [-0.1, -0.05) is 13.8 Å². The second kappa shape index (κ2) is 6.03. The second-order valence-electron chi connectivity index (χ2n) is 3.45. The Kier molecular flexibility index (Phi) is 4.98. The van der Waals surface area contributed by atoms with E-state index in [2.05, 4.69) is 32.9 Å². The van der Waals surface area contributed by atoms with Crippen molar-refractivity contribution < 1.29 is 4.79 Å². The van der Waals surface area contributed by atoms with Gasteiger partial charge in [-0.25, -0.2) is 0 Å². The van der Waals surface area contributed by atoms with Gasteiger partial charge in [0.1, 0.15) is 5.56 Å². The molecule has 88 valence electrons. The van der Waals surface area contributed by atoms with E-state index in [9.17, 15) is 9.59 Å². The average molecular weight is 334 g/mol. The fraction of sp³-hybridized carbons (Fsp3) is 0.455. The maximum atomic E-state index is 11.6. The van der Waals surface area contributed by atoms with Crippen molar-refractivity contribution in [2.24, 2.45) is 0 Å². The van der Waals surface area contributed by atoms with E-state index in [1.54, 1.807) is 6.07 Å². The molecule has 0 saturated carbocycles. The number of aromatic nitrogens is 1.